The van der Waals surface area contributed by atoms with Crippen molar-refractivity contribution >= 4 is 5.82 Å². The molecule has 0 unspecified atom stereocenters. The van der Waals surface area contributed by atoms with E-state index in [0.717, 1.165) is 37.6 Å². The van der Waals surface area contributed by atoms with Crippen LogP contribution in [0.4, 0.5) is 5.82 Å². The highest BCUT2D eigenvalue weighted by atomic mass is 16.3. The molecule has 82 valence electrons. The summed E-state index contributed by atoms with van der Waals surface area (Å²) in [6.07, 6.45) is 1.76. The molecule has 4 nitrogen and oxygen atoms in total. The van der Waals surface area contributed by atoms with Crippen molar-refractivity contribution in [2.24, 2.45) is 0 Å². The van der Waals surface area contributed by atoms with Crippen molar-refractivity contribution < 1.29 is 5.11 Å². The van der Waals surface area contributed by atoms with Crippen molar-refractivity contribution in [3.63, 3.8) is 0 Å². The zero-order chi connectivity index (χ0) is 10.7. The van der Waals surface area contributed by atoms with Gasteiger partial charge in [0.15, 0.2) is 0 Å². The summed E-state index contributed by atoms with van der Waals surface area (Å²) in [6.45, 7) is 4.26. The van der Waals surface area contributed by atoms with Crippen LogP contribution in [0.25, 0.3) is 0 Å². The van der Waals surface area contributed by atoms with E-state index in [2.05, 4.69) is 21.8 Å². The summed E-state index contributed by atoms with van der Waals surface area (Å²) in [6, 6.07) is 3.81. The van der Waals surface area contributed by atoms with Gasteiger partial charge >= 0.3 is 0 Å². The maximum absolute atomic E-state index is 9.05. The molecule has 0 amide bonds. The molecule has 1 aromatic rings. The SMILES string of the molecule is CN1CCN(c2cc(CO)ccn2)CC1. The number of aliphatic hydroxyl groups excluding tert-OH is 1. The lowest BCUT2D eigenvalue weighted by atomic mass is 10.2. The molecule has 2 heterocycles. The Labute approximate surface area is 90.1 Å². The Morgan fingerprint density at radius 1 is 1.33 bits per heavy atom. The fourth-order valence-corrected chi connectivity index (χ4v) is 1.77. The Morgan fingerprint density at radius 2 is 2.07 bits per heavy atom. The van der Waals surface area contributed by atoms with E-state index in [4.69, 9.17) is 5.11 Å². The molecule has 15 heavy (non-hydrogen) atoms. The van der Waals surface area contributed by atoms with Crippen molar-refractivity contribution in [2.45, 2.75) is 6.61 Å². The smallest absolute Gasteiger partial charge is 0.128 e. The fourth-order valence-electron chi connectivity index (χ4n) is 1.77. The van der Waals surface area contributed by atoms with Gasteiger partial charge in [-0.3, -0.25) is 0 Å². The second kappa shape index (κ2) is 4.59. The van der Waals surface area contributed by atoms with E-state index in [0.29, 0.717) is 0 Å². The van der Waals surface area contributed by atoms with E-state index in [9.17, 15) is 0 Å². The molecule has 1 aliphatic rings. The van der Waals surface area contributed by atoms with Gasteiger partial charge in [0, 0.05) is 32.4 Å². The quantitative estimate of drug-likeness (QED) is 0.758. The predicted octanol–water partition coefficient (Wildman–Crippen LogP) is 0.326. The average Bonchev–Trinajstić information content (AvgIpc) is 2.30. The lowest BCUT2D eigenvalue weighted by Gasteiger charge is -2.33. The van der Waals surface area contributed by atoms with Crippen molar-refractivity contribution in [3.05, 3.63) is 23.9 Å². The lowest BCUT2D eigenvalue weighted by Crippen LogP contribution is -2.44. The first kappa shape index (κ1) is 10.4. The van der Waals surface area contributed by atoms with E-state index in [-0.39, 0.29) is 6.61 Å². The molecule has 4 heteroatoms. The Hall–Kier alpha value is -1.13. The van der Waals surface area contributed by atoms with E-state index < -0.39 is 0 Å². The van der Waals surface area contributed by atoms with Crippen LogP contribution in [-0.2, 0) is 6.61 Å². The number of hydrogen-bond acceptors (Lipinski definition) is 4. The molecule has 0 bridgehead atoms. The first-order valence-electron chi connectivity index (χ1n) is 5.29. The van der Waals surface area contributed by atoms with Gasteiger partial charge in [0.1, 0.15) is 5.82 Å². The Kier molecular flexibility index (Phi) is 3.18. The minimum absolute atomic E-state index is 0.0866. The van der Waals surface area contributed by atoms with Gasteiger partial charge in [0.25, 0.3) is 0 Å². The first-order chi connectivity index (χ1) is 7.29. The van der Waals surface area contributed by atoms with Crippen molar-refractivity contribution in [3.8, 4) is 0 Å². The van der Waals surface area contributed by atoms with Crippen LogP contribution >= 0.6 is 0 Å². The summed E-state index contributed by atoms with van der Waals surface area (Å²) >= 11 is 0. The van der Waals surface area contributed by atoms with Gasteiger partial charge < -0.3 is 14.9 Å². The molecule has 2 rings (SSSR count). The molecule has 1 aliphatic heterocycles. The maximum atomic E-state index is 9.05. The van der Waals surface area contributed by atoms with Crippen molar-refractivity contribution in [2.75, 3.05) is 38.1 Å². The second-order valence-corrected chi connectivity index (χ2v) is 3.97. The minimum Gasteiger partial charge on any atom is -0.392 e. The molecule has 1 N–H and O–H groups in total. The Balaban J connectivity index is 2.08. The summed E-state index contributed by atoms with van der Waals surface area (Å²) in [5.74, 6) is 0.981. The summed E-state index contributed by atoms with van der Waals surface area (Å²) in [5, 5.41) is 9.05. The summed E-state index contributed by atoms with van der Waals surface area (Å²) in [7, 11) is 2.13. The third-order valence-corrected chi connectivity index (χ3v) is 2.82. The van der Waals surface area contributed by atoms with Gasteiger partial charge in [0.05, 0.1) is 6.61 Å². The number of likely N-dealkylation sites (N-methyl/N-ethyl adjacent to an activating group) is 1. The van der Waals surface area contributed by atoms with Crippen LogP contribution in [-0.4, -0.2) is 48.2 Å². The van der Waals surface area contributed by atoms with E-state index in [1.807, 2.05) is 12.1 Å². The molecular formula is C11H17N3O. The molecule has 0 radical (unpaired) electrons. The van der Waals surface area contributed by atoms with Crippen molar-refractivity contribution in [1.82, 2.24) is 9.88 Å². The molecule has 1 fully saturated rings. The number of piperazine rings is 1. The number of hydrogen-bond donors (Lipinski definition) is 1. The van der Waals surface area contributed by atoms with Crippen LogP contribution in [0.2, 0.25) is 0 Å². The number of pyridine rings is 1. The highest BCUT2D eigenvalue weighted by molar-refractivity contribution is 5.41. The zero-order valence-corrected chi connectivity index (χ0v) is 9.06. The summed E-state index contributed by atoms with van der Waals surface area (Å²) in [4.78, 5) is 8.91. The molecule has 1 saturated heterocycles. The summed E-state index contributed by atoms with van der Waals surface area (Å²) in [5.41, 5.74) is 0.930. The zero-order valence-electron chi connectivity index (χ0n) is 9.06. The van der Waals surface area contributed by atoms with E-state index in [1.165, 1.54) is 0 Å². The lowest BCUT2D eigenvalue weighted by molar-refractivity contribution is 0.281. The standard InChI is InChI=1S/C11H17N3O/c1-13-4-6-14(7-5-13)11-8-10(9-15)2-3-12-11/h2-3,8,15H,4-7,9H2,1H3. The molecule has 0 atom stereocenters. The first-order valence-corrected chi connectivity index (χ1v) is 5.29. The maximum Gasteiger partial charge on any atom is 0.128 e. The van der Waals surface area contributed by atoms with Crippen LogP contribution in [0.15, 0.2) is 18.3 Å². The average molecular weight is 207 g/mol. The Bertz CT molecular complexity index is 321. The normalized spacial score (nSPS) is 18.1. The molecular weight excluding hydrogens is 190 g/mol. The molecule has 1 aromatic heterocycles. The minimum atomic E-state index is 0.0866. The van der Waals surface area contributed by atoms with E-state index >= 15 is 0 Å². The number of nitrogens with zero attached hydrogens (tertiary/aromatic N) is 3. The number of anilines is 1. The highest BCUT2D eigenvalue weighted by Gasteiger charge is 2.14. The number of rotatable bonds is 2. The predicted molar refractivity (Wildman–Crippen MR) is 59.9 cm³/mol. The van der Waals surface area contributed by atoms with Gasteiger partial charge in [0.2, 0.25) is 0 Å². The van der Waals surface area contributed by atoms with Crippen molar-refractivity contribution in [1.29, 1.82) is 0 Å². The number of aliphatic hydroxyl groups is 1. The molecule has 0 aromatic carbocycles. The second-order valence-electron chi connectivity index (χ2n) is 3.97. The van der Waals surface area contributed by atoms with Crippen LogP contribution in [0, 0.1) is 0 Å². The van der Waals surface area contributed by atoms with Crippen LogP contribution in [0.3, 0.4) is 0 Å². The van der Waals surface area contributed by atoms with Gasteiger partial charge in [-0.1, -0.05) is 0 Å². The fraction of sp³-hybridized carbons (Fsp3) is 0.545. The summed E-state index contributed by atoms with van der Waals surface area (Å²) < 4.78 is 0. The van der Waals surface area contributed by atoms with Gasteiger partial charge in [-0.25, -0.2) is 4.98 Å². The van der Waals surface area contributed by atoms with Crippen LogP contribution in [0.1, 0.15) is 5.56 Å². The third-order valence-electron chi connectivity index (χ3n) is 2.82. The highest BCUT2D eigenvalue weighted by Crippen LogP contribution is 2.14. The Morgan fingerprint density at radius 3 is 2.73 bits per heavy atom. The molecule has 0 aliphatic carbocycles. The monoisotopic (exact) mass is 207 g/mol. The topological polar surface area (TPSA) is 39.6 Å². The van der Waals surface area contributed by atoms with E-state index in [1.54, 1.807) is 6.20 Å². The van der Waals surface area contributed by atoms with Gasteiger partial charge in [-0.05, 0) is 24.7 Å². The van der Waals surface area contributed by atoms with Crippen LogP contribution in [0.5, 0.6) is 0 Å². The third kappa shape index (κ3) is 2.46. The van der Waals surface area contributed by atoms with Gasteiger partial charge in [-0.15, -0.1) is 0 Å². The number of aromatic nitrogens is 1. The molecule has 0 saturated carbocycles. The van der Waals surface area contributed by atoms with Gasteiger partial charge in [-0.2, -0.15) is 0 Å². The van der Waals surface area contributed by atoms with Crippen LogP contribution < -0.4 is 4.90 Å². The largest absolute Gasteiger partial charge is 0.392 e. The molecule has 0 spiro atoms.